The summed E-state index contributed by atoms with van der Waals surface area (Å²) >= 11 is 5.93. The number of nitrogens with two attached hydrogens (primary N) is 1. The fourth-order valence-electron chi connectivity index (χ4n) is 1.43. The van der Waals surface area contributed by atoms with Gasteiger partial charge in [0.05, 0.1) is 10.6 Å². The summed E-state index contributed by atoms with van der Waals surface area (Å²) in [5.41, 5.74) is 7.10. The first-order chi connectivity index (χ1) is 8.61. The van der Waals surface area contributed by atoms with Gasteiger partial charge in [-0.25, -0.2) is 4.98 Å². The Bertz CT molecular complexity index is 644. The Hall–Kier alpha value is -2.38. The van der Waals surface area contributed by atoms with E-state index in [-0.39, 0.29) is 5.69 Å². The van der Waals surface area contributed by atoms with Crippen LogP contribution in [0.25, 0.3) is 11.1 Å². The fourth-order valence-corrected chi connectivity index (χ4v) is 1.66. The molecule has 1 radical (unpaired) electrons. The van der Waals surface area contributed by atoms with Crippen LogP contribution < -0.4 is 5.73 Å². The van der Waals surface area contributed by atoms with Gasteiger partial charge in [0.2, 0.25) is 0 Å². The Morgan fingerprint density at radius 3 is 2.72 bits per heavy atom. The first-order valence-electron chi connectivity index (χ1n) is 4.99. The number of carbonyl (C=O) groups excluding carboxylic acids is 1. The third kappa shape index (κ3) is 2.31. The molecular formula is C13H7ClN3O. The summed E-state index contributed by atoms with van der Waals surface area (Å²) < 4.78 is 0. The van der Waals surface area contributed by atoms with E-state index in [9.17, 15) is 4.79 Å². The van der Waals surface area contributed by atoms with E-state index in [4.69, 9.17) is 22.6 Å². The lowest BCUT2D eigenvalue weighted by atomic mass is 10.1. The van der Waals surface area contributed by atoms with Crippen molar-refractivity contribution in [1.29, 1.82) is 5.26 Å². The molecule has 2 aromatic rings. The molecule has 0 spiro atoms. The lowest BCUT2D eigenvalue weighted by Crippen LogP contribution is -2.12. The molecule has 0 atom stereocenters. The van der Waals surface area contributed by atoms with Crippen molar-refractivity contribution in [3.8, 4) is 17.2 Å². The molecule has 18 heavy (non-hydrogen) atoms. The average molecular weight is 257 g/mol. The minimum Gasteiger partial charge on any atom is -0.364 e. The maximum atomic E-state index is 10.9. The van der Waals surface area contributed by atoms with Crippen LogP contribution in [0.1, 0.15) is 16.1 Å². The van der Waals surface area contributed by atoms with Crippen molar-refractivity contribution in [2.45, 2.75) is 0 Å². The van der Waals surface area contributed by atoms with Crippen LogP contribution in [0.4, 0.5) is 0 Å². The number of pyridine rings is 1. The zero-order valence-electron chi connectivity index (χ0n) is 9.14. The Balaban J connectivity index is 2.40. The minimum absolute atomic E-state index is 0.0819. The first-order valence-corrected chi connectivity index (χ1v) is 5.37. The number of nitrogens with zero attached hydrogens (tertiary/aromatic N) is 2. The van der Waals surface area contributed by atoms with Gasteiger partial charge in [0.1, 0.15) is 11.8 Å². The molecule has 4 nitrogen and oxygen atoms in total. The molecule has 0 saturated heterocycles. The van der Waals surface area contributed by atoms with Crippen LogP contribution in [0.3, 0.4) is 0 Å². The minimum atomic E-state index is -0.626. The maximum absolute atomic E-state index is 10.9. The monoisotopic (exact) mass is 256 g/mol. The molecule has 2 N–H and O–H groups in total. The predicted molar refractivity (Wildman–Crippen MR) is 66.8 cm³/mol. The quantitative estimate of drug-likeness (QED) is 0.894. The summed E-state index contributed by atoms with van der Waals surface area (Å²) in [6.07, 6.45) is 1.51. The van der Waals surface area contributed by atoms with Crippen LogP contribution in [0.15, 0.2) is 30.5 Å². The molecular weight excluding hydrogens is 250 g/mol. The molecule has 0 saturated carbocycles. The van der Waals surface area contributed by atoms with Crippen LogP contribution >= 0.6 is 11.6 Å². The first kappa shape index (κ1) is 12.1. The highest BCUT2D eigenvalue weighted by Gasteiger charge is 2.06. The Labute approximate surface area is 109 Å². The molecule has 0 fully saturated rings. The van der Waals surface area contributed by atoms with E-state index in [1.54, 1.807) is 24.3 Å². The standard InChI is InChI=1S/C13H7ClN3O/c14-11-5-8(1-2-9(11)6-15)10-3-4-12(13(16)18)17-7-10/h1-3,5,7H,(H2,16,18). The molecule has 1 amide bonds. The normalized spacial score (nSPS) is 9.78. The third-order valence-electron chi connectivity index (χ3n) is 2.35. The second kappa shape index (κ2) is 4.86. The largest absolute Gasteiger partial charge is 0.364 e. The van der Waals surface area contributed by atoms with Crippen molar-refractivity contribution in [1.82, 2.24) is 4.98 Å². The highest BCUT2D eigenvalue weighted by atomic mass is 35.5. The van der Waals surface area contributed by atoms with Gasteiger partial charge in [-0.2, -0.15) is 5.26 Å². The summed E-state index contributed by atoms with van der Waals surface area (Å²) in [4.78, 5) is 14.7. The summed E-state index contributed by atoms with van der Waals surface area (Å²) in [6, 6.07) is 11.3. The summed E-state index contributed by atoms with van der Waals surface area (Å²) in [5, 5.41) is 9.14. The van der Waals surface area contributed by atoms with Crippen LogP contribution in [-0.4, -0.2) is 10.9 Å². The van der Waals surface area contributed by atoms with E-state index in [1.807, 2.05) is 6.07 Å². The number of carbonyl (C=O) groups is 1. The second-order valence-electron chi connectivity index (χ2n) is 3.52. The second-order valence-corrected chi connectivity index (χ2v) is 3.93. The average Bonchev–Trinajstić information content (AvgIpc) is 2.38. The van der Waals surface area contributed by atoms with E-state index in [0.717, 1.165) is 11.1 Å². The van der Waals surface area contributed by atoms with E-state index < -0.39 is 5.91 Å². The summed E-state index contributed by atoms with van der Waals surface area (Å²) in [6.45, 7) is 0. The molecule has 1 aromatic heterocycles. The number of hydrogen-bond acceptors (Lipinski definition) is 3. The van der Waals surface area contributed by atoms with Gasteiger partial charge in [-0.15, -0.1) is 0 Å². The van der Waals surface area contributed by atoms with Gasteiger partial charge in [-0.1, -0.05) is 17.7 Å². The van der Waals surface area contributed by atoms with E-state index in [1.165, 1.54) is 6.20 Å². The molecule has 2 rings (SSSR count). The van der Waals surface area contributed by atoms with Crippen LogP contribution in [0.2, 0.25) is 5.02 Å². The molecule has 1 heterocycles. The molecule has 87 valence electrons. The smallest absolute Gasteiger partial charge is 0.267 e. The van der Waals surface area contributed by atoms with Crippen LogP contribution in [-0.2, 0) is 0 Å². The van der Waals surface area contributed by atoms with Gasteiger partial charge in [-0.05, 0) is 23.8 Å². The number of rotatable bonds is 2. The zero-order valence-corrected chi connectivity index (χ0v) is 9.90. The molecule has 5 heteroatoms. The summed E-state index contributed by atoms with van der Waals surface area (Å²) in [7, 11) is 0. The zero-order chi connectivity index (χ0) is 13.1. The van der Waals surface area contributed by atoms with Crippen molar-refractivity contribution in [2.24, 2.45) is 5.73 Å². The highest BCUT2D eigenvalue weighted by molar-refractivity contribution is 6.32. The van der Waals surface area contributed by atoms with Crippen molar-refractivity contribution in [2.75, 3.05) is 0 Å². The lowest BCUT2D eigenvalue weighted by molar-refractivity contribution is 0.0995. The molecule has 0 aliphatic rings. The molecule has 1 aromatic carbocycles. The van der Waals surface area contributed by atoms with Gasteiger partial charge in [0, 0.05) is 17.8 Å². The molecule has 0 unspecified atom stereocenters. The van der Waals surface area contributed by atoms with E-state index in [2.05, 4.69) is 11.1 Å². The van der Waals surface area contributed by atoms with Gasteiger partial charge in [0.25, 0.3) is 5.91 Å². The Kier molecular flexibility index (Phi) is 3.26. The fraction of sp³-hybridized carbons (Fsp3) is 0. The highest BCUT2D eigenvalue weighted by Crippen LogP contribution is 2.24. The van der Waals surface area contributed by atoms with Crippen molar-refractivity contribution in [3.63, 3.8) is 0 Å². The summed E-state index contributed by atoms with van der Waals surface area (Å²) in [5.74, 6) is -0.626. The topological polar surface area (TPSA) is 79.8 Å². The maximum Gasteiger partial charge on any atom is 0.267 e. The number of primary amides is 1. The van der Waals surface area contributed by atoms with E-state index >= 15 is 0 Å². The Morgan fingerprint density at radius 2 is 2.22 bits per heavy atom. The van der Waals surface area contributed by atoms with E-state index in [0.29, 0.717) is 10.6 Å². The number of hydrogen-bond donors (Lipinski definition) is 1. The SMILES string of the molecule is N#Cc1ccc(-c2c[c]c(C(N)=O)nc2)cc1Cl. The number of benzene rings is 1. The molecule has 0 aliphatic heterocycles. The Morgan fingerprint density at radius 1 is 1.44 bits per heavy atom. The predicted octanol–water partition coefficient (Wildman–Crippen LogP) is 2.17. The lowest BCUT2D eigenvalue weighted by Gasteiger charge is -2.03. The van der Waals surface area contributed by atoms with Gasteiger partial charge in [0.15, 0.2) is 0 Å². The molecule has 0 bridgehead atoms. The van der Waals surface area contributed by atoms with Crippen LogP contribution in [0, 0.1) is 17.4 Å². The number of halogens is 1. The van der Waals surface area contributed by atoms with Gasteiger partial charge < -0.3 is 5.73 Å². The number of amides is 1. The number of aromatic nitrogens is 1. The van der Waals surface area contributed by atoms with Gasteiger partial charge >= 0.3 is 0 Å². The molecule has 0 aliphatic carbocycles. The van der Waals surface area contributed by atoms with Crippen LogP contribution in [0.5, 0.6) is 0 Å². The van der Waals surface area contributed by atoms with Crippen molar-refractivity contribution in [3.05, 3.63) is 52.8 Å². The third-order valence-corrected chi connectivity index (χ3v) is 2.67. The van der Waals surface area contributed by atoms with Crippen molar-refractivity contribution < 1.29 is 4.79 Å². The number of nitriles is 1. The van der Waals surface area contributed by atoms with Crippen molar-refractivity contribution >= 4 is 17.5 Å². The van der Waals surface area contributed by atoms with Gasteiger partial charge in [-0.3, -0.25) is 4.79 Å².